The molecule has 1 fully saturated rings. The number of aromatic nitrogens is 2. The molecule has 0 aliphatic heterocycles. The van der Waals surface area contributed by atoms with Crippen LogP contribution >= 0.6 is 0 Å². The van der Waals surface area contributed by atoms with E-state index in [1.54, 1.807) is 0 Å². The standard InChI is InChI=1S/C13H14N4O2/c14-7-8-1-3-9(4-2-8)13-16-11(17-19-13)12(18)15-10-5-6-10/h1-4,10H,5-7,14H2,(H,15,18). The van der Waals surface area contributed by atoms with E-state index >= 15 is 0 Å². The highest BCUT2D eigenvalue weighted by atomic mass is 16.5. The van der Waals surface area contributed by atoms with E-state index < -0.39 is 0 Å². The molecule has 98 valence electrons. The largest absolute Gasteiger partial charge is 0.346 e. The van der Waals surface area contributed by atoms with Crippen molar-refractivity contribution in [2.75, 3.05) is 0 Å². The average molecular weight is 258 g/mol. The Bertz CT molecular complexity index is 587. The summed E-state index contributed by atoms with van der Waals surface area (Å²) in [4.78, 5) is 15.8. The third-order valence-corrected chi connectivity index (χ3v) is 2.98. The Labute approximate surface area is 110 Å². The first kappa shape index (κ1) is 11.9. The van der Waals surface area contributed by atoms with E-state index in [0.717, 1.165) is 24.0 Å². The van der Waals surface area contributed by atoms with E-state index in [1.165, 1.54) is 0 Å². The van der Waals surface area contributed by atoms with Gasteiger partial charge in [-0.15, -0.1) is 0 Å². The molecule has 1 heterocycles. The maximum absolute atomic E-state index is 11.7. The fourth-order valence-corrected chi connectivity index (χ4v) is 1.69. The van der Waals surface area contributed by atoms with Crippen molar-refractivity contribution in [2.45, 2.75) is 25.4 Å². The van der Waals surface area contributed by atoms with E-state index in [9.17, 15) is 4.79 Å². The first-order valence-electron chi connectivity index (χ1n) is 6.20. The number of hydrogen-bond acceptors (Lipinski definition) is 5. The lowest BCUT2D eigenvalue weighted by Gasteiger charge is -1.97. The van der Waals surface area contributed by atoms with Gasteiger partial charge in [-0.2, -0.15) is 4.98 Å². The Morgan fingerprint density at radius 1 is 1.37 bits per heavy atom. The number of nitrogens with zero attached hydrogens (tertiary/aromatic N) is 2. The number of rotatable bonds is 4. The van der Waals surface area contributed by atoms with Crippen LogP contribution in [-0.4, -0.2) is 22.1 Å². The van der Waals surface area contributed by atoms with Crippen molar-refractivity contribution in [2.24, 2.45) is 5.73 Å². The molecular weight excluding hydrogens is 244 g/mol. The van der Waals surface area contributed by atoms with Crippen LogP contribution in [0.1, 0.15) is 29.0 Å². The van der Waals surface area contributed by atoms with Crippen molar-refractivity contribution in [3.63, 3.8) is 0 Å². The normalized spacial score (nSPS) is 14.4. The average Bonchev–Trinajstić information content (AvgIpc) is 3.11. The summed E-state index contributed by atoms with van der Waals surface area (Å²) < 4.78 is 5.09. The maximum atomic E-state index is 11.7. The van der Waals surface area contributed by atoms with Gasteiger partial charge >= 0.3 is 0 Å². The van der Waals surface area contributed by atoms with Gasteiger partial charge in [-0.25, -0.2) is 0 Å². The number of nitrogens with two attached hydrogens (primary N) is 1. The van der Waals surface area contributed by atoms with E-state index in [0.29, 0.717) is 12.4 Å². The topological polar surface area (TPSA) is 94.0 Å². The van der Waals surface area contributed by atoms with Crippen LogP contribution in [0.4, 0.5) is 0 Å². The summed E-state index contributed by atoms with van der Waals surface area (Å²) in [6, 6.07) is 7.75. The smallest absolute Gasteiger partial charge is 0.292 e. The minimum absolute atomic E-state index is 0.0739. The highest BCUT2D eigenvalue weighted by Gasteiger charge is 2.26. The molecule has 0 atom stereocenters. The van der Waals surface area contributed by atoms with Gasteiger partial charge in [-0.3, -0.25) is 4.79 Å². The van der Waals surface area contributed by atoms with Crippen LogP contribution in [0.25, 0.3) is 11.5 Å². The van der Waals surface area contributed by atoms with E-state index in [2.05, 4.69) is 15.5 Å². The summed E-state index contributed by atoms with van der Waals surface area (Å²) in [6.07, 6.45) is 2.05. The lowest BCUT2D eigenvalue weighted by molar-refractivity contribution is 0.0937. The van der Waals surface area contributed by atoms with Gasteiger partial charge in [0.1, 0.15) is 0 Å². The second-order valence-corrected chi connectivity index (χ2v) is 4.57. The Hall–Kier alpha value is -2.21. The van der Waals surface area contributed by atoms with Gasteiger partial charge in [-0.1, -0.05) is 17.3 Å². The second kappa shape index (κ2) is 4.81. The number of hydrogen-bond donors (Lipinski definition) is 2. The van der Waals surface area contributed by atoms with Gasteiger partial charge in [0.25, 0.3) is 17.6 Å². The molecule has 1 saturated carbocycles. The molecule has 2 aromatic rings. The van der Waals surface area contributed by atoms with E-state index in [4.69, 9.17) is 10.3 Å². The summed E-state index contributed by atoms with van der Waals surface area (Å²) in [7, 11) is 0. The molecule has 3 rings (SSSR count). The van der Waals surface area contributed by atoms with Gasteiger partial charge in [-0.05, 0) is 30.5 Å². The minimum Gasteiger partial charge on any atom is -0.346 e. The molecule has 1 aromatic heterocycles. The molecule has 6 heteroatoms. The molecule has 1 amide bonds. The molecule has 0 unspecified atom stereocenters. The Morgan fingerprint density at radius 3 is 2.74 bits per heavy atom. The van der Waals surface area contributed by atoms with Crippen LogP contribution in [0.5, 0.6) is 0 Å². The number of carbonyl (C=O) groups is 1. The Kier molecular flexibility index (Phi) is 3.00. The SMILES string of the molecule is NCc1ccc(-c2nc(C(=O)NC3CC3)no2)cc1. The number of nitrogens with one attached hydrogen (secondary N) is 1. The first-order chi connectivity index (χ1) is 9.26. The second-order valence-electron chi connectivity index (χ2n) is 4.57. The maximum Gasteiger partial charge on any atom is 0.292 e. The Morgan fingerprint density at radius 2 is 2.11 bits per heavy atom. The molecule has 0 bridgehead atoms. The van der Waals surface area contributed by atoms with Crippen LogP contribution in [0.2, 0.25) is 0 Å². The van der Waals surface area contributed by atoms with Gasteiger partial charge in [0.2, 0.25) is 0 Å². The zero-order valence-electron chi connectivity index (χ0n) is 10.3. The van der Waals surface area contributed by atoms with Crippen molar-refractivity contribution >= 4 is 5.91 Å². The third-order valence-electron chi connectivity index (χ3n) is 2.98. The Balaban J connectivity index is 1.77. The van der Waals surface area contributed by atoms with Crippen molar-refractivity contribution in [1.82, 2.24) is 15.5 Å². The predicted molar refractivity (Wildman–Crippen MR) is 68.1 cm³/mol. The molecule has 0 radical (unpaired) electrons. The van der Waals surface area contributed by atoms with Crippen LogP contribution in [-0.2, 0) is 6.54 Å². The third kappa shape index (κ3) is 2.63. The highest BCUT2D eigenvalue weighted by molar-refractivity contribution is 5.91. The van der Waals surface area contributed by atoms with Crippen molar-refractivity contribution in [1.29, 1.82) is 0 Å². The summed E-state index contributed by atoms with van der Waals surface area (Å²) in [5.74, 6) is 0.130. The van der Waals surface area contributed by atoms with Crippen LogP contribution in [0.3, 0.4) is 0 Å². The summed E-state index contributed by atoms with van der Waals surface area (Å²) in [6.45, 7) is 0.485. The molecule has 3 N–H and O–H groups in total. The summed E-state index contributed by atoms with van der Waals surface area (Å²) in [5.41, 5.74) is 7.33. The molecule has 0 spiro atoms. The molecule has 6 nitrogen and oxygen atoms in total. The highest BCUT2D eigenvalue weighted by Crippen LogP contribution is 2.20. The van der Waals surface area contributed by atoms with E-state index in [1.807, 2.05) is 24.3 Å². The van der Waals surface area contributed by atoms with Crippen molar-refractivity contribution in [3.8, 4) is 11.5 Å². The number of carbonyl (C=O) groups excluding carboxylic acids is 1. The quantitative estimate of drug-likeness (QED) is 0.856. The van der Waals surface area contributed by atoms with Crippen LogP contribution in [0, 0.1) is 0 Å². The number of amides is 1. The monoisotopic (exact) mass is 258 g/mol. The van der Waals surface area contributed by atoms with E-state index in [-0.39, 0.29) is 17.8 Å². The molecule has 19 heavy (non-hydrogen) atoms. The van der Waals surface area contributed by atoms with Gasteiger partial charge in [0.05, 0.1) is 0 Å². The van der Waals surface area contributed by atoms with Gasteiger partial charge in [0.15, 0.2) is 0 Å². The van der Waals surface area contributed by atoms with Gasteiger partial charge in [0, 0.05) is 18.2 Å². The zero-order chi connectivity index (χ0) is 13.2. The lowest BCUT2D eigenvalue weighted by Crippen LogP contribution is -2.26. The van der Waals surface area contributed by atoms with Crippen molar-refractivity contribution < 1.29 is 9.32 Å². The fraction of sp³-hybridized carbons (Fsp3) is 0.308. The molecule has 0 saturated heterocycles. The molecule has 1 aliphatic carbocycles. The first-order valence-corrected chi connectivity index (χ1v) is 6.20. The molecule has 1 aliphatic rings. The minimum atomic E-state index is -0.281. The molecule has 1 aromatic carbocycles. The fourth-order valence-electron chi connectivity index (χ4n) is 1.69. The zero-order valence-corrected chi connectivity index (χ0v) is 10.3. The van der Waals surface area contributed by atoms with Crippen LogP contribution in [0.15, 0.2) is 28.8 Å². The summed E-state index contributed by atoms with van der Waals surface area (Å²) in [5, 5.41) is 6.51. The molecular formula is C13H14N4O2. The summed E-state index contributed by atoms with van der Waals surface area (Å²) >= 11 is 0. The van der Waals surface area contributed by atoms with Gasteiger partial charge < -0.3 is 15.6 Å². The van der Waals surface area contributed by atoms with Crippen LogP contribution < -0.4 is 11.1 Å². The predicted octanol–water partition coefficient (Wildman–Crippen LogP) is 1.09. The lowest BCUT2D eigenvalue weighted by atomic mass is 10.1. The number of benzene rings is 1. The van der Waals surface area contributed by atoms with Crippen molar-refractivity contribution in [3.05, 3.63) is 35.7 Å².